The molecule has 0 radical (unpaired) electrons. The highest BCUT2D eigenvalue weighted by atomic mass is 16.5. The zero-order chi connectivity index (χ0) is 26.9. The van der Waals surface area contributed by atoms with E-state index in [1.165, 1.54) is 12.8 Å². The lowest BCUT2D eigenvalue weighted by Crippen LogP contribution is -2.49. The van der Waals surface area contributed by atoms with Crippen molar-refractivity contribution in [1.82, 2.24) is 29.5 Å². The van der Waals surface area contributed by atoms with E-state index in [4.69, 9.17) is 26.3 Å². The molecule has 10 nitrogen and oxygen atoms in total. The van der Waals surface area contributed by atoms with E-state index in [9.17, 15) is 4.79 Å². The maximum atomic E-state index is 11.3. The second-order valence-corrected chi connectivity index (χ2v) is 10.6. The third kappa shape index (κ3) is 5.30. The molecular formula is C29H34N8O2. The van der Waals surface area contributed by atoms with E-state index in [-0.39, 0.29) is 0 Å². The fourth-order valence-corrected chi connectivity index (χ4v) is 5.69. The number of carbonyl (C=O) groups is 1. The number of nitrogens with zero attached hydrogens (tertiary/aromatic N) is 6. The van der Waals surface area contributed by atoms with Crippen molar-refractivity contribution in [2.75, 3.05) is 39.0 Å². The predicted molar refractivity (Wildman–Crippen MR) is 151 cm³/mol. The van der Waals surface area contributed by atoms with Crippen LogP contribution in [0, 0.1) is 0 Å². The Bertz CT molecular complexity index is 1450. The number of rotatable bonds is 6. The van der Waals surface area contributed by atoms with Crippen LogP contribution in [0.5, 0.6) is 11.5 Å². The van der Waals surface area contributed by atoms with Gasteiger partial charge in [-0.2, -0.15) is 5.10 Å². The highest BCUT2D eigenvalue weighted by molar-refractivity contribution is 5.92. The Hall–Kier alpha value is -4.02. The van der Waals surface area contributed by atoms with Crippen molar-refractivity contribution in [3.63, 3.8) is 0 Å². The van der Waals surface area contributed by atoms with Gasteiger partial charge in [0.15, 0.2) is 11.5 Å². The van der Waals surface area contributed by atoms with E-state index >= 15 is 0 Å². The molecule has 10 heteroatoms. The van der Waals surface area contributed by atoms with Gasteiger partial charge in [0.25, 0.3) is 0 Å². The Morgan fingerprint density at radius 2 is 1.49 bits per heavy atom. The average molecular weight is 527 g/mol. The summed E-state index contributed by atoms with van der Waals surface area (Å²) in [4.78, 5) is 25.8. The number of anilines is 1. The number of hydrogen-bond acceptors (Lipinski definition) is 8. The number of aromatic nitrogens is 4. The predicted octanol–water partition coefficient (Wildman–Crippen LogP) is 3.70. The number of benzene rings is 2. The molecule has 1 aliphatic carbocycles. The van der Waals surface area contributed by atoms with Crippen molar-refractivity contribution in [3.8, 4) is 22.9 Å². The maximum absolute atomic E-state index is 11.3. The Balaban J connectivity index is 1.17. The van der Waals surface area contributed by atoms with E-state index in [0.29, 0.717) is 40.8 Å². The van der Waals surface area contributed by atoms with Crippen LogP contribution in [0.15, 0.2) is 54.7 Å². The van der Waals surface area contributed by atoms with Gasteiger partial charge in [-0.3, -0.25) is 9.69 Å². The first-order chi connectivity index (χ1) is 18.9. The summed E-state index contributed by atoms with van der Waals surface area (Å²) in [5.74, 6) is 1.79. The topological polar surface area (TPSA) is 128 Å². The first kappa shape index (κ1) is 25.3. The molecule has 202 valence electrons. The lowest BCUT2D eigenvalue weighted by molar-refractivity contribution is 0.0815. The second-order valence-electron chi connectivity index (χ2n) is 10.6. The van der Waals surface area contributed by atoms with Crippen LogP contribution < -0.4 is 16.2 Å². The molecular weight excluding hydrogens is 492 g/mol. The van der Waals surface area contributed by atoms with Crippen LogP contribution in [0.25, 0.3) is 22.4 Å². The number of primary amides is 1. The molecule has 6 rings (SSSR count). The normalized spacial score (nSPS) is 20.7. The van der Waals surface area contributed by atoms with Gasteiger partial charge in [0.2, 0.25) is 5.91 Å². The highest BCUT2D eigenvalue weighted by Crippen LogP contribution is 2.34. The minimum atomic E-state index is -0.471. The van der Waals surface area contributed by atoms with E-state index in [1.807, 2.05) is 24.3 Å². The summed E-state index contributed by atoms with van der Waals surface area (Å²) in [6.07, 6.45) is 6.31. The largest absolute Gasteiger partial charge is 0.457 e. The monoisotopic (exact) mass is 526 g/mol. The Morgan fingerprint density at radius 1 is 0.872 bits per heavy atom. The highest BCUT2D eigenvalue weighted by Gasteiger charge is 2.29. The summed E-state index contributed by atoms with van der Waals surface area (Å²) in [6, 6.07) is 15.2. The average Bonchev–Trinajstić information content (AvgIpc) is 3.39. The number of nitrogens with two attached hydrogens (primary N) is 2. The van der Waals surface area contributed by atoms with Crippen molar-refractivity contribution in [3.05, 3.63) is 60.3 Å². The number of amides is 1. The van der Waals surface area contributed by atoms with Crippen molar-refractivity contribution in [2.45, 2.75) is 37.8 Å². The minimum Gasteiger partial charge on any atom is -0.457 e. The fourth-order valence-electron chi connectivity index (χ4n) is 5.69. The molecule has 2 aromatic heterocycles. The molecule has 3 heterocycles. The van der Waals surface area contributed by atoms with Gasteiger partial charge in [0.1, 0.15) is 17.3 Å². The SMILES string of the molecule is CN1CCN(C2CCC(n3ncc4c(N)nc(-c5ccc(Oc6ccc(C(N)=O)cc6)cc5)nc43)CC2)CC1. The summed E-state index contributed by atoms with van der Waals surface area (Å²) in [5, 5.41) is 5.50. The van der Waals surface area contributed by atoms with Gasteiger partial charge in [-0.15, -0.1) is 0 Å². The van der Waals surface area contributed by atoms with E-state index in [2.05, 4.69) is 26.5 Å². The number of fused-ring (bicyclic) bond motifs is 1. The Kier molecular flexibility index (Phi) is 6.88. The van der Waals surface area contributed by atoms with E-state index in [1.54, 1.807) is 30.5 Å². The molecule has 0 spiro atoms. The quantitative estimate of drug-likeness (QED) is 0.389. The molecule has 2 aliphatic rings. The van der Waals surface area contributed by atoms with Gasteiger partial charge in [-0.05, 0) is 81.3 Å². The lowest BCUT2D eigenvalue weighted by atomic mass is 9.90. The molecule has 1 saturated heterocycles. The van der Waals surface area contributed by atoms with Gasteiger partial charge < -0.3 is 21.1 Å². The molecule has 4 N–H and O–H groups in total. The summed E-state index contributed by atoms with van der Waals surface area (Å²) in [7, 11) is 2.20. The number of carbonyl (C=O) groups excluding carboxylic acids is 1. The van der Waals surface area contributed by atoms with Crippen molar-refractivity contribution in [2.24, 2.45) is 5.73 Å². The van der Waals surface area contributed by atoms with Gasteiger partial charge in [-0.25, -0.2) is 14.6 Å². The van der Waals surface area contributed by atoms with Crippen molar-refractivity contribution in [1.29, 1.82) is 0 Å². The van der Waals surface area contributed by atoms with E-state index < -0.39 is 5.91 Å². The molecule has 1 saturated carbocycles. The van der Waals surface area contributed by atoms with Crippen LogP contribution in [-0.2, 0) is 0 Å². The number of hydrogen-bond donors (Lipinski definition) is 2. The molecule has 0 unspecified atom stereocenters. The van der Waals surface area contributed by atoms with E-state index in [0.717, 1.165) is 55.6 Å². The Labute approximate surface area is 227 Å². The van der Waals surface area contributed by atoms with Gasteiger partial charge >= 0.3 is 0 Å². The van der Waals surface area contributed by atoms with Crippen LogP contribution in [-0.4, -0.2) is 74.7 Å². The molecule has 2 aromatic carbocycles. The lowest BCUT2D eigenvalue weighted by Gasteiger charge is -2.41. The zero-order valence-electron chi connectivity index (χ0n) is 22.2. The van der Waals surface area contributed by atoms with Gasteiger partial charge in [0.05, 0.1) is 17.6 Å². The van der Waals surface area contributed by atoms with Gasteiger partial charge in [-0.1, -0.05) is 0 Å². The van der Waals surface area contributed by atoms with Crippen LogP contribution in [0.1, 0.15) is 42.1 Å². The summed E-state index contributed by atoms with van der Waals surface area (Å²) in [5.41, 5.74) is 13.7. The molecule has 2 fully saturated rings. The molecule has 1 amide bonds. The van der Waals surface area contributed by atoms with Crippen LogP contribution in [0.3, 0.4) is 0 Å². The smallest absolute Gasteiger partial charge is 0.248 e. The van der Waals surface area contributed by atoms with Crippen molar-refractivity contribution >= 4 is 22.8 Å². The first-order valence-electron chi connectivity index (χ1n) is 13.6. The molecule has 0 bridgehead atoms. The summed E-state index contributed by atoms with van der Waals surface area (Å²) < 4.78 is 7.96. The number of piperazine rings is 1. The first-order valence-corrected chi connectivity index (χ1v) is 13.6. The maximum Gasteiger partial charge on any atom is 0.248 e. The summed E-state index contributed by atoms with van der Waals surface area (Å²) >= 11 is 0. The van der Waals surface area contributed by atoms with Crippen LogP contribution >= 0.6 is 0 Å². The number of ether oxygens (including phenoxy) is 1. The second kappa shape index (κ2) is 10.6. The zero-order valence-corrected chi connectivity index (χ0v) is 22.2. The Morgan fingerprint density at radius 3 is 2.13 bits per heavy atom. The number of nitrogen functional groups attached to an aromatic ring is 1. The van der Waals surface area contributed by atoms with Crippen LogP contribution in [0.2, 0.25) is 0 Å². The van der Waals surface area contributed by atoms with Crippen molar-refractivity contribution < 1.29 is 9.53 Å². The third-order valence-corrected chi connectivity index (χ3v) is 8.04. The molecule has 39 heavy (non-hydrogen) atoms. The number of likely N-dealkylation sites (N-methyl/N-ethyl adjacent to an activating group) is 1. The molecule has 0 atom stereocenters. The minimum absolute atomic E-state index is 0.310. The van der Waals surface area contributed by atoms with Crippen LogP contribution in [0.4, 0.5) is 5.82 Å². The molecule has 4 aromatic rings. The fraction of sp³-hybridized carbons (Fsp3) is 0.379. The third-order valence-electron chi connectivity index (χ3n) is 8.04. The summed E-state index contributed by atoms with van der Waals surface area (Å²) in [6.45, 7) is 4.63. The standard InChI is InChI=1S/C29H34N8O2/c1-35-14-16-36(17-15-35)21-6-8-22(9-7-21)37-29-25(18-32-37)26(30)33-28(34-29)20-4-12-24(13-5-20)39-23-10-2-19(3-11-23)27(31)38/h2-5,10-13,18,21-22H,6-9,14-17H2,1H3,(H2,31,38)(H2,30,33,34). The van der Waals surface area contributed by atoms with Gasteiger partial charge in [0, 0.05) is 43.3 Å². The molecule has 1 aliphatic heterocycles.